The molecule has 1 aliphatic heterocycles. The van der Waals surface area contributed by atoms with Crippen LogP contribution in [0.3, 0.4) is 0 Å². The third-order valence-electron chi connectivity index (χ3n) is 4.27. The van der Waals surface area contributed by atoms with E-state index in [2.05, 4.69) is 0 Å². The lowest BCUT2D eigenvalue weighted by molar-refractivity contribution is -0.140. The Kier molecular flexibility index (Phi) is 2.45. The fourth-order valence-electron chi connectivity index (χ4n) is 2.95. The van der Waals surface area contributed by atoms with E-state index in [4.69, 9.17) is 9.84 Å². The van der Waals surface area contributed by atoms with Gasteiger partial charge in [0.05, 0.1) is 19.1 Å². The molecule has 0 amide bonds. The van der Waals surface area contributed by atoms with Crippen LogP contribution in [0.2, 0.25) is 0 Å². The van der Waals surface area contributed by atoms with Gasteiger partial charge >= 0.3 is 5.97 Å². The molecule has 1 saturated carbocycles. The lowest BCUT2D eigenvalue weighted by atomic mass is 9.73. The summed E-state index contributed by atoms with van der Waals surface area (Å²) >= 11 is 0. The van der Waals surface area contributed by atoms with Crippen LogP contribution in [-0.2, 0) is 14.9 Å². The van der Waals surface area contributed by atoms with Crippen molar-refractivity contribution >= 4 is 5.97 Å². The average Bonchev–Trinajstić information content (AvgIpc) is 3.02. The number of aryl methyl sites for hydroxylation is 1. The van der Waals surface area contributed by atoms with Gasteiger partial charge in [0.2, 0.25) is 0 Å². The Morgan fingerprint density at radius 2 is 2.22 bits per heavy atom. The standard InChI is InChI=1S/C14H15FO3/c1-8-4-9(2-3-12(8)15)14(6-18-7-14)11-5-10(11)13(16)17/h2-4,10-11H,5-7H2,1H3,(H,16,17). The van der Waals surface area contributed by atoms with E-state index in [1.807, 2.05) is 6.07 Å². The van der Waals surface area contributed by atoms with E-state index in [-0.39, 0.29) is 23.1 Å². The highest BCUT2D eigenvalue weighted by Crippen LogP contribution is 2.55. The highest BCUT2D eigenvalue weighted by atomic mass is 19.1. The summed E-state index contributed by atoms with van der Waals surface area (Å²) in [6.07, 6.45) is 0.703. The molecule has 1 saturated heterocycles. The highest BCUT2D eigenvalue weighted by Gasteiger charge is 2.60. The summed E-state index contributed by atoms with van der Waals surface area (Å²) in [6.45, 7) is 2.83. The van der Waals surface area contributed by atoms with E-state index in [0.29, 0.717) is 25.2 Å². The van der Waals surface area contributed by atoms with Crippen molar-refractivity contribution in [1.29, 1.82) is 0 Å². The normalized spacial score (nSPS) is 28.6. The molecule has 1 N–H and O–H groups in total. The topological polar surface area (TPSA) is 46.5 Å². The molecular formula is C14H15FO3. The van der Waals surface area contributed by atoms with E-state index >= 15 is 0 Å². The lowest BCUT2D eigenvalue weighted by Crippen LogP contribution is -2.49. The molecule has 2 unspecified atom stereocenters. The summed E-state index contributed by atoms with van der Waals surface area (Å²) in [4.78, 5) is 11.0. The van der Waals surface area contributed by atoms with Crippen LogP contribution in [0, 0.1) is 24.6 Å². The van der Waals surface area contributed by atoms with Gasteiger partial charge in [-0.25, -0.2) is 4.39 Å². The molecule has 4 heteroatoms. The number of ether oxygens (including phenoxy) is 1. The lowest BCUT2D eigenvalue weighted by Gasteiger charge is -2.43. The Bertz CT molecular complexity index is 508. The summed E-state index contributed by atoms with van der Waals surface area (Å²) < 4.78 is 18.6. The molecule has 1 aliphatic carbocycles. The number of benzene rings is 1. The van der Waals surface area contributed by atoms with Crippen LogP contribution >= 0.6 is 0 Å². The van der Waals surface area contributed by atoms with Crippen molar-refractivity contribution in [2.75, 3.05) is 13.2 Å². The maximum absolute atomic E-state index is 13.3. The fourth-order valence-corrected chi connectivity index (χ4v) is 2.95. The molecule has 0 aromatic heterocycles. The largest absolute Gasteiger partial charge is 0.481 e. The molecule has 96 valence electrons. The van der Waals surface area contributed by atoms with Gasteiger partial charge in [0, 0.05) is 5.41 Å². The first kappa shape index (κ1) is 11.7. The Morgan fingerprint density at radius 1 is 1.50 bits per heavy atom. The monoisotopic (exact) mass is 250 g/mol. The van der Waals surface area contributed by atoms with Crippen molar-refractivity contribution in [2.45, 2.75) is 18.8 Å². The molecular weight excluding hydrogens is 235 g/mol. The zero-order chi connectivity index (χ0) is 12.9. The molecule has 3 rings (SSSR count). The first-order chi connectivity index (χ1) is 8.54. The number of halogens is 1. The van der Waals surface area contributed by atoms with Crippen LogP contribution in [0.25, 0.3) is 0 Å². The number of aliphatic carboxylic acids is 1. The van der Waals surface area contributed by atoms with Crippen molar-refractivity contribution in [1.82, 2.24) is 0 Å². The maximum Gasteiger partial charge on any atom is 0.306 e. The molecule has 0 radical (unpaired) electrons. The molecule has 2 aliphatic rings. The van der Waals surface area contributed by atoms with E-state index in [9.17, 15) is 9.18 Å². The van der Waals surface area contributed by atoms with Crippen molar-refractivity contribution < 1.29 is 19.0 Å². The minimum absolute atomic E-state index is 0.133. The molecule has 3 nitrogen and oxygen atoms in total. The second-order valence-corrected chi connectivity index (χ2v) is 5.40. The number of carboxylic acid groups (broad SMARTS) is 1. The highest BCUT2D eigenvalue weighted by molar-refractivity contribution is 5.74. The zero-order valence-electron chi connectivity index (χ0n) is 10.1. The van der Waals surface area contributed by atoms with Crippen LogP contribution in [-0.4, -0.2) is 24.3 Å². The van der Waals surface area contributed by atoms with Gasteiger partial charge in [-0.15, -0.1) is 0 Å². The number of carbonyl (C=O) groups is 1. The van der Waals surface area contributed by atoms with E-state index < -0.39 is 5.97 Å². The minimum atomic E-state index is -0.731. The first-order valence-corrected chi connectivity index (χ1v) is 6.12. The maximum atomic E-state index is 13.3. The Labute approximate surface area is 105 Å². The van der Waals surface area contributed by atoms with Crippen LogP contribution in [0.15, 0.2) is 18.2 Å². The molecule has 2 atom stereocenters. The van der Waals surface area contributed by atoms with Crippen molar-refractivity contribution in [2.24, 2.45) is 11.8 Å². The van der Waals surface area contributed by atoms with Gasteiger partial charge < -0.3 is 9.84 Å². The molecule has 0 spiro atoms. The first-order valence-electron chi connectivity index (χ1n) is 6.12. The predicted molar refractivity (Wildman–Crippen MR) is 62.9 cm³/mol. The van der Waals surface area contributed by atoms with E-state index in [1.165, 1.54) is 6.07 Å². The number of hydrogen-bond acceptors (Lipinski definition) is 2. The molecule has 1 aromatic rings. The molecule has 1 aromatic carbocycles. The Hall–Kier alpha value is -1.42. The van der Waals surface area contributed by atoms with E-state index in [0.717, 1.165) is 5.56 Å². The number of rotatable bonds is 3. The average molecular weight is 250 g/mol. The van der Waals surface area contributed by atoms with Gasteiger partial charge in [-0.3, -0.25) is 4.79 Å². The zero-order valence-corrected chi connectivity index (χ0v) is 10.1. The van der Waals surface area contributed by atoms with Crippen molar-refractivity contribution in [3.8, 4) is 0 Å². The van der Waals surface area contributed by atoms with Crippen LogP contribution in [0.4, 0.5) is 4.39 Å². The van der Waals surface area contributed by atoms with Crippen LogP contribution in [0.5, 0.6) is 0 Å². The molecule has 2 fully saturated rings. The van der Waals surface area contributed by atoms with Gasteiger partial charge in [0.25, 0.3) is 0 Å². The van der Waals surface area contributed by atoms with Gasteiger partial charge in [-0.1, -0.05) is 12.1 Å². The summed E-state index contributed by atoms with van der Waals surface area (Å²) in [7, 11) is 0. The summed E-state index contributed by atoms with van der Waals surface area (Å²) in [5.41, 5.74) is 1.41. The summed E-state index contributed by atoms with van der Waals surface area (Å²) in [5, 5.41) is 9.05. The van der Waals surface area contributed by atoms with E-state index in [1.54, 1.807) is 13.0 Å². The van der Waals surface area contributed by atoms with Gasteiger partial charge in [0.1, 0.15) is 5.82 Å². The quantitative estimate of drug-likeness (QED) is 0.893. The second-order valence-electron chi connectivity index (χ2n) is 5.40. The van der Waals surface area contributed by atoms with Gasteiger partial charge in [-0.2, -0.15) is 0 Å². The van der Waals surface area contributed by atoms with Gasteiger partial charge in [0.15, 0.2) is 0 Å². The summed E-state index contributed by atoms with van der Waals surface area (Å²) in [6, 6.07) is 5.06. The predicted octanol–water partition coefficient (Wildman–Crippen LogP) is 2.12. The third-order valence-corrected chi connectivity index (χ3v) is 4.27. The molecule has 18 heavy (non-hydrogen) atoms. The van der Waals surface area contributed by atoms with Crippen molar-refractivity contribution in [3.05, 3.63) is 35.1 Å². The minimum Gasteiger partial charge on any atom is -0.481 e. The molecule has 0 bridgehead atoms. The Balaban J connectivity index is 1.92. The van der Waals surface area contributed by atoms with Gasteiger partial charge in [-0.05, 0) is 36.5 Å². The third kappa shape index (κ3) is 1.56. The van der Waals surface area contributed by atoms with Crippen molar-refractivity contribution in [3.63, 3.8) is 0 Å². The number of hydrogen-bond donors (Lipinski definition) is 1. The van der Waals surface area contributed by atoms with Crippen LogP contribution in [0.1, 0.15) is 17.5 Å². The SMILES string of the molecule is Cc1cc(C2(C3CC3C(=O)O)COC2)ccc1F. The smallest absolute Gasteiger partial charge is 0.306 e. The fraction of sp³-hybridized carbons (Fsp3) is 0.500. The number of carboxylic acids is 1. The molecule has 1 heterocycles. The second kappa shape index (κ2) is 3.79. The van der Waals surface area contributed by atoms with Crippen LogP contribution < -0.4 is 0 Å². The Morgan fingerprint density at radius 3 is 2.67 bits per heavy atom. The summed E-state index contributed by atoms with van der Waals surface area (Å²) in [5.74, 6) is -1.09.